The molecule has 0 saturated carbocycles. The Balaban J connectivity index is 3.18. The van der Waals surface area contributed by atoms with Crippen molar-refractivity contribution in [3.05, 3.63) is 0 Å². The lowest BCUT2D eigenvalue weighted by atomic mass is 10.0. The number of likely N-dealkylation sites (tertiary alicyclic amines) is 1. The van der Waals surface area contributed by atoms with Gasteiger partial charge in [-0.15, -0.1) is 0 Å². The number of hydrogen-bond donors (Lipinski definition) is 14. The van der Waals surface area contributed by atoms with Crippen LogP contribution in [0.3, 0.4) is 0 Å². The molecule has 23 nitrogen and oxygen atoms in total. The van der Waals surface area contributed by atoms with E-state index < -0.39 is 96.2 Å². The summed E-state index contributed by atoms with van der Waals surface area (Å²) in [5.74, 6) is -6.18. The normalized spacial score (nSPS) is 16.3. The van der Waals surface area contributed by atoms with Crippen LogP contribution in [0.4, 0.5) is 0 Å². The summed E-state index contributed by atoms with van der Waals surface area (Å²) in [6.45, 7) is 3.50. The van der Waals surface area contributed by atoms with Crippen LogP contribution < -0.4 is 60.6 Å². The molecule has 352 valence electrons. The summed E-state index contributed by atoms with van der Waals surface area (Å²) in [7, 11) is 0. The molecule has 0 aromatic carbocycles. The van der Waals surface area contributed by atoms with Crippen molar-refractivity contribution in [1.82, 2.24) is 36.8 Å². The molecule has 0 aromatic heterocycles. The molecule has 0 bridgehead atoms. The van der Waals surface area contributed by atoms with Gasteiger partial charge in [-0.25, -0.2) is 4.79 Å². The minimum absolute atomic E-state index is 0.0154. The summed E-state index contributed by atoms with van der Waals surface area (Å²) in [4.78, 5) is 114. The van der Waals surface area contributed by atoms with E-state index in [-0.39, 0.29) is 87.5 Å². The Kier molecular flexibility index (Phi) is 26.4. The molecule has 7 atom stereocenters. The van der Waals surface area contributed by atoms with E-state index in [1.165, 1.54) is 16.7 Å². The van der Waals surface area contributed by atoms with E-state index in [4.69, 9.17) is 28.7 Å². The van der Waals surface area contributed by atoms with Crippen molar-refractivity contribution in [3.63, 3.8) is 0 Å². The van der Waals surface area contributed by atoms with E-state index in [2.05, 4.69) is 67.1 Å². The summed E-state index contributed by atoms with van der Waals surface area (Å²) >= 11 is 9.44. The highest BCUT2D eigenvalue weighted by molar-refractivity contribution is 7.98. The van der Waals surface area contributed by atoms with Gasteiger partial charge in [0, 0.05) is 31.1 Å². The lowest BCUT2D eigenvalue weighted by Gasteiger charge is -2.29. The van der Waals surface area contributed by atoms with E-state index >= 15 is 0 Å². The summed E-state index contributed by atoms with van der Waals surface area (Å²) in [5.41, 5.74) is 27.5. The Morgan fingerprint density at radius 1 is 0.742 bits per heavy atom. The Morgan fingerprint density at radius 2 is 1.29 bits per heavy atom. The zero-order valence-corrected chi connectivity index (χ0v) is 38.1. The molecule has 1 saturated heterocycles. The van der Waals surface area contributed by atoms with Gasteiger partial charge in [0.2, 0.25) is 41.4 Å². The fourth-order valence-corrected chi connectivity index (χ4v) is 7.02. The lowest BCUT2D eigenvalue weighted by molar-refractivity contribution is -0.144. The Hall–Kier alpha value is -4.69. The smallest absolute Gasteiger partial charge is 0.327 e. The van der Waals surface area contributed by atoms with Crippen molar-refractivity contribution >= 4 is 96.3 Å². The van der Waals surface area contributed by atoms with Crippen LogP contribution >= 0.6 is 37.0 Å². The second-order valence-electron chi connectivity index (χ2n) is 14.9. The molecule has 62 heavy (non-hydrogen) atoms. The predicted octanol–water partition coefficient (Wildman–Crippen LogP) is -4.30. The average Bonchev–Trinajstić information content (AvgIpc) is 3.71. The van der Waals surface area contributed by atoms with Gasteiger partial charge in [-0.05, 0) is 69.3 Å². The monoisotopic (exact) mass is 934 g/mol. The number of nitrogens with one attached hydrogen (secondary N) is 6. The second kappa shape index (κ2) is 29.6. The zero-order valence-electron chi connectivity index (χ0n) is 35.5. The minimum atomic E-state index is -1.29. The standard InChI is InChI=1S/C36H66N14O9S3/c1-19(2)15-24(48-31(55)22(10-14-62-3)47-30(54)21(7-4-11-42-35(38)39)46-28(52)20(37)17-60)29(53)44-16-27(51)45-23(8-5-12-43-36(40)41)33(57)50-13-6-9-26(50)32(56)49-25(18-61)34(58)59/h19-26,60-61H,4-18,37H2,1-3H3,(H,44,53)(H,45,51)(H,46,52)(H,47,54)(H,48,55)(H,49,56)(H,58,59)(H4,38,39,42)(H4,40,41,43)/t20-,21-,22-,23-,24-,25-,26-/m0/s1. The maximum Gasteiger partial charge on any atom is 0.327 e. The van der Waals surface area contributed by atoms with E-state index in [0.29, 0.717) is 18.6 Å². The second-order valence-corrected chi connectivity index (χ2v) is 16.6. The molecule has 0 aliphatic carbocycles. The Morgan fingerprint density at radius 3 is 1.81 bits per heavy atom. The summed E-state index contributed by atoms with van der Waals surface area (Å²) in [5, 5.41) is 24.9. The third-order valence-corrected chi connectivity index (χ3v) is 10.7. The van der Waals surface area contributed by atoms with Crippen LogP contribution in [0.25, 0.3) is 0 Å². The van der Waals surface area contributed by atoms with Crippen molar-refractivity contribution in [2.75, 3.05) is 49.7 Å². The number of aliphatic imine (C=N–C) groups is 2. The summed E-state index contributed by atoms with van der Waals surface area (Å²) in [6, 6.07) is -7.86. The number of carbonyl (C=O) groups excluding carboxylic acids is 7. The third kappa shape index (κ3) is 20.9. The van der Waals surface area contributed by atoms with E-state index in [1.807, 2.05) is 20.1 Å². The fraction of sp³-hybridized carbons (Fsp3) is 0.722. The number of guanidine groups is 2. The molecular formula is C36H66N14O9S3. The quantitative estimate of drug-likeness (QED) is 0.0146. The van der Waals surface area contributed by atoms with Crippen LogP contribution in [-0.4, -0.2) is 161 Å². The molecule has 0 radical (unpaired) electrons. The van der Waals surface area contributed by atoms with Gasteiger partial charge in [0.05, 0.1) is 12.6 Å². The highest BCUT2D eigenvalue weighted by Gasteiger charge is 2.39. The average molecular weight is 935 g/mol. The topological polar surface area (TPSA) is 387 Å². The first kappa shape index (κ1) is 55.3. The largest absolute Gasteiger partial charge is 0.480 e. The maximum absolute atomic E-state index is 13.9. The first-order chi connectivity index (χ1) is 29.2. The van der Waals surface area contributed by atoms with E-state index in [9.17, 15) is 43.5 Å². The minimum Gasteiger partial charge on any atom is -0.480 e. The van der Waals surface area contributed by atoms with E-state index in [1.54, 1.807) is 0 Å². The highest BCUT2D eigenvalue weighted by atomic mass is 32.2. The van der Waals surface area contributed by atoms with Crippen molar-refractivity contribution < 1.29 is 43.5 Å². The number of hydrogen-bond acceptors (Lipinski definition) is 14. The van der Waals surface area contributed by atoms with Crippen molar-refractivity contribution in [3.8, 4) is 0 Å². The van der Waals surface area contributed by atoms with Crippen LogP contribution in [0.2, 0.25) is 0 Å². The van der Waals surface area contributed by atoms with Crippen LogP contribution in [0.15, 0.2) is 9.98 Å². The Bertz CT molecular complexity index is 1580. The van der Waals surface area contributed by atoms with Gasteiger partial charge in [0.15, 0.2) is 11.9 Å². The van der Waals surface area contributed by atoms with Crippen LogP contribution in [0, 0.1) is 5.92 Å². The molecule has 0 spiro atoms. The van der Waals surface area contributed by atoms with Gasteiger partial charge in [-0.2, -0.15) is 37.0 Å². The molecule has 17 N–H and O–H groups in total. The highest BCUT2D eigenvalue weighted by Crippen LogP contribution is 2.20. The van der Waals surface area contributed by atoms with Gasteiger partial charge < -0.3 is 70.6 Å². The molecule has 1 aliphatic heterocycles. The third-order valence-electron chi connectivity index (χ3n) is 9.33. The van der Waals surface area contributed by atoms with Crippen molar-refractivity contribution in [2.45, 2.75) is 108 Å². The van der Waals surface area contributed by atoms with E-state index in [0.717, 1.165) is 0 Å². The number of thiol groups is 2. The summed E-state index contributed by atoms with van der Waals surface area (Å²) in [6.07, 6.45) is 3.52. The first-order valence-corrected chi connectivity index (χ1v) is 22.8. The summed E-state index contributed by atoms with van der Waals surface area (Å²) < 4.78 is 0. The van der Waals surface area contributed by atoms with Crippen molar-refractivity contribution in [2.24, 2.45) is 44.6 Å². The number of nitrogens with zero attached hydrogens (tertiary/aromatic N) is 3. The molecule has 0 unspecified atom stereocenters. The number of carboxylic acids is 1. The van der Waals surface area contributed by atoms with Gasteiger partial charge in [0.25, 0.3) is 0 Å². The fourth-order valence-electron chi connectivity index (χ4n) is 6.14. The van der Waals surface area contributed by atoms with Crippen LogP contribution in [-0.2, 0) is 38.4 Å². The molecular weight excluding hydrogens is 869 g/mol. The molecule has 1 rings (SSSR count). The van der Waals surface area contributed by atoms with Gasteiger partial charge in [-0.1, -0.05) is 13.8 Å². The molecule has 0 aromatic rings. The molecule has 7 amide bonds. The number of rotatable bonds is 29. The number of aliphatic carboxylic acids is 1. The molecule has 1 heterocycles. The number of thioether (sulfide) groups is 1. The van der Waals surface area contributed by atoms with Gasteiger partial charge in [-0.3, -0.25) is 43.5 Å². The van der Waals surface area contributed by atoms with Crippen molar-refractivity contribution in [1.29, 1.82) is 0 Å². The van der Waals surface area contributed by atoms with Crippen LogP contribution in [0.1, 0.15) is 65.2 Å². The molecule has 1 fully saturated rings. The number of amides is 7. The molecule has 1 aliphatic rings. The zero-order chi connectivity index (χ0) is 46.9. The Labute approximate surface area is 377 Å². The molecule has 26 heteroatoms. The lowest BCUT2D eigenvalue weighted by Crippen LogP contribution is -2.58. The maximum atomic E-state index is 13.9. The number of nitrogens with two attached hydrogens (primary N) is 5. The SMILES string of the molecule is CSCC[C@H](NC(=O)[C@H](CCCN=C(N)N)NC(=O)[C@@H](N)CS)C(=O)N[C@@H](CC(C)C)C(=O)NCC(=O)N[C@@H](CCCN=C(N)N)C(=O)N1CCC[C@H]1C(=O)N[C@@H](CS)C(=O)O. The van der Waals surface area contributed by atoms with Gasteiger partial charge in [0.1, 0.15) is 36.3 Å². The number of carbonyl (C=O) groups is 8. The van der Waals surface area contributed by atoms with Crippen LogP contribution in [0.5, 0.6) is 0 Å². The predicted molar refractivity (Wildman–Crippen MR) is 243 cm³/mol. The first-order valence-electron chi connectivity index (χ1n) is 20.1. The number of carboxylic acid groups (broad SMARTS) is 1. The van der Waals surface area contributed by atoms with Gasteiger partial charge >= 0.3 is 5.97 Å².